The molecular weight excluding hydrogens is 341 g/mol. The summed E-state index contributed by atoms with van der Waals surface area (Å²) in [7, 11) is 0. The maximum Gasteiger partial charge on any atom is 0.231 e. The largest absolute Gasteiger partial charge is 0.342 e. The molecule has 3 aromatic rings. The van der Waals surface area contributed by atoms with Crippen LogP contribution in [0.5, 0.6) is 0 Å². The third kappa shape index (κ3) is 3.50. The predicted molar refractivity (Wildman–Crippen MR) is 103 cm³/mol. The van der Waals surface area contributed by atoms with Crippen LogP contribution in [0.1, 0.15) is 31.4 Å². The Morgan fingerprint density at radius 1 is 1.04 bits per heavy atom. The number of amides is 1. The summed E-state index contributed by atoms with van der Waals surface area (Å²) in [5, 5.41) is 4.73. The van der Waals surface area contributed by atoms with E-state index in [1.165, 1.54) is 12.1 Å². The molecule has 1 saturated heterocycles. The number of benzene rings is 2. The third-order valence-electron chi connectivity index (χ3n) is 5.08. The Kier molecular flexibility index (Phi) is 4.75. The minimum atomic E-state index is -0.333. The van der Waals surface area contributed by atoms with Gasteiger partial charge in [0.15, 0.2) is 0 Å². The summed E-state index contributed by atoms with van der Waals surface area (Å²) in [4.78, 5) is 14.7. The van der Waals surface area contributed by atoms with E-state index in [-0.39, 0.29) is 17.6 Å². The number of para-hydroxylation sites is 1. The second-order valence-electron chi connectivity index (χ2n) is 6.97. The fourth-order valence-electron chi connectivity index (χ4n) is 3.57. The zero-order chi connectivity index (χ0) is 18.8. The Morgan fingerprint density at radius 3 is 2.48 bits per heavy atom. The normalized spacial score (nSPS) is 15.1. The maximum absolute atomic E-state index is 13.8. The van der Waals surface area contributed by atoms with Gasteiger partial charge in [-0.3, -0.25) is 4.79 Å². The molecule has 1 atom stereocenters. The highest BCUT2D eigenvalue weighted by Gasteiger charge is 2.27. The first-order valence-electron chi connectivity index (χ1n) is 9.33. The van der Waals surface area contributed by atoms with Crippen molar-refractivity contribution in [2.45, 2.75) is 25.7 Å². The van der Waals surface area contributed by atoms with Gasteiger partial charge in [-0.2, -0.15) is 5.10 Å². The quantitative estimate of drug-likeness (QED) is 0.689. The molecule has 0 spiro atoms. The van der Waals surface area contributed by atoms with E-state index in [1.807, 2.05) is 54.3 Å². The van der Waals surface area contributed by atoms with Gasteiger partial charge in [0, 0.05) is 18.7 Å². The monoisotopic (exact) mass is 363 g/mol. The number of halogens is 1. The number of carbonyl (C=O) groups is 1. The van der Waals surface area contributed by atoms with Gasteiger partial charge in [0.1, 0.15) is 5.82 Å². The van der Waals surface area contributed by atoms with E-state index in [9.17, 15) is 9.18 Å². The first-order chi connectivity index (χ1) is 13.1. The van der Waals surface area contributed by atoms with Crippen molar-refractivity contribution < 1.29 is 9.18 Å². The summed E-state index contributed by atoms with van der Waals surface area (Å²) in [5.41, 5.74) is 3.09. The van der Waals surface area contributed by atoms with Crippen LogP contribution in [-0.4, -0.2) is 33.7 Å². The van der Waals surface area contributed by atoms with E-state index < -0.39 is 0 Å². The number of rotatable bonds is 4. The lowest BCUT2D eigenvalue weighted by Crippen LogP contribution is -2.31. The summed E-state index contributed by atoms with van der Waals surface area (Å²) in [6.45, 7) is 3.53. The number of carbonyl (C=O) groups excluding carboxylic acids is 1. The molecule has 1 aromatic heterocycles. The molecule has 0 saturated carbocycles. The molecular formula is C22H22FN3O. The van der Waals surface area contributed by atoms with Crippen molar-refractivity contribution in [1.82, 2.24) is 14.7 Å². The maximum atomic E-state index is 13.8. The number of aromatic nitrogens is 2. The van der Waals surface area contributed by atoms with Crippen molar-refractivity contribution in [3.05, 3.63) is 72.2 Å². The van der Waals surface area contributed by atoms with Crippen molar-refractivity contribution in [3.63, 3.8) is 0 Å². The molecule has 138 valence electrons. The molecule has 4 nitrogen and oxygen atoms in total. The zero-order valence-electron chi connectivity index (χ0n) is 15.3. The van der Waals surface area contributed by atoms with E-state index >= 15 is 0 Å². The van der Waals surface area contributed by atoms with Gasteiger partial charge in [0.25, 0.3) is 0 Å². The molecule has 2 aromatic carbocycles. The van der Waals surface area contributed by atoms with Gasteiger partial charge in [-0.25, -0.2) is 9.07 Å². The van der Waals surface area contributed by atoms with Crippen LogP contribution in [-0.2, 0) is 4.79 Å². The van der Waals surface area contributed by atoms with Gasteiger partial charge in [-0.1, -0.05) is 30.3 Å². The first kappa shape index (κ1) is 17.5. The number of hydrogen-bond acceptors (Lipinski definition) is 2. The van der Waals surface area contributed by atoms with Crippen LogP contribution in [0.15, 0.2) is 60.7 Å². The second kappa shape index (κ2) is 7.35. The minimum absolute atomic E-state index is 0.107. The zero-order valence-corrected chi connectivity index (χ0v) is 15.3. The van der Waals surface area contributed by atoms with Crippen LogP contribution in [0, 0.1) is 5.82 Å². The predicted octanol–water partition coefficient (Wildman–Crippen LogP) is 4.40. The molecule has 1 fully saturated rings. The van der Waals surface area contributed by atoms with Crippen molar-refractivity contribution in [1.29, 1.82) is 0 Å². The van der Waals surface area contributed by atoms with Crippen LogP contribution >= 0.6 is 0 Å². The molecule has 4 rings (SSSR count). The van der Waals surface area contributed by atoms with Crippen molar-refractivity contribution in [2.75, 3.05) is 13.1 Å². The summed E-state index contributed by atoms with van der Waals surface area (Å²) in [6, 6.07) is 18.1. The summed E-state index contributed by atoms with van der Waals surface area (Å²) in [5.74, 6) is -0.521. The lowest BCUT2D eigenvalue weighted by Gasteiger charge is -2.18. The molecule has 27 heavy (non-hydrogen) atoms. The minimum Gasteiger partial charge on any atom is -0.342 e. The van der Waals surface area contributed by atoms with Crippen molar-refractivity contribution >= 4 is 5.91 Å². The molecule has 2 heterocycles. The lowest BCUT2D eigenvalue weighted by molar-refractivity contribution is -0.131. The van der Waals surface area contributed by atoms with Gasteiger partial charge in [-0.05, 0) is 50.1 Å². The Morgan fingerprint density at radius 2 is 1.78 bits per heavy atom. The van der Waals surface area contributed by atoms with E-state index in [0.29, 0.717) is 5.69 Å². The number of hydrogen-bond donors (Lipinski definition) is 0. The average molecular weight is 363 g/mol. The second-order valence-corrected chi connectivity index (χ2v) is 6.97. The highest BCUT2D eigenvalue weighted by atomic mass is 19.1. The highest BCUT2D eigenvalue weighted by molar-refractivity contribution is 5.83. The van der Waals surface area contributed by atoms with Crippen LogP contribution < -0.4 is 0 Å². The van der Waals surface area contributed by atoms with Crippen LogP contribution in [0.25, 0.3) is 16.9 Å². The Bertz CT molecular complexity index is 945. The van der Waals surface area contributed by atoms with Gasteiger partial charge in [-0.15, -0.1) is 0 Å². The molecule has 0 aliphatic carbocycles. The van der Waals surface area contributed by atoms with E-state index in [0.717, 1.165) is 42.9 Å². The van der Waals surface area contributed by atoms with E-state index in [2.05, 4.69) is 0 Å². The molecule has 1 aliphatic heterocycles. The van der Waals surface area contributed by atoms with Gasteiger partial charge in [0.05, 0.1) is 23.0 Å². The number of nitrogens with zero attached hydrogens (tertiary/aromatic N) is 3. The van der Waals surface area contributed by atoms with Crippen LogP contribution in [0.4, 0.5) is 4.39 Å². The number of likely N-dealkylation sites (tertiary alicyclic amines) is 1. The molecule has 0 bridgehead atoms. The van der Waals surface area contributed by atoms with Crippen LogP contribution in [0.3, 0.4) is 0 Å². The molecule has 0 radical (unpaired) electrons. The Hall–Kier alpha value is -2.95. The molecule has 1 aliphatic rings. The Balaban J connectivity index is 1.77. The molecule has 0 N–H and O–H groups in total. The van der Waals surface area contributed by atoms with Crippen molar-refractivity contribution in [3.8, 4) is 16.9 Å². The first-order valence-corrected chi connectivity index (χ1v) is 9.33. The Labute approximate surface area is 158 Å². The lowest BCUT2D eigenvalue weighted by atomic mass is 10.0. The summed E-state index contributed by atoms with van der Waals surface area (Å²) >= 11 is 0. The van der Waals surface area contributed by atoms with Gasteiger partial charge >= 0.3 is 0 Å². The smallest absolute Gasteiger partial charge is 0.231 e. The van der Waals surface area contributed by atoms with E-state index in [4.69, 9.17) is 5.10 Å². The fraction of sp³-hybridized carbons (Fsp3) is 0.273. The van der Waals surface area contributed by atoms with Crippen LogP contribution in [0.2, 0.25) is 0 Å². The average Bonchev–Trinajstić information content (AvgIpc) is 3.38. The third-order valence-corrected chi connectivity index (χ3v) is 5.08. The van der Waals surface area contributed by atoms with Crippen molar-refractivity contribution in [2.24, 2.45) is 0 Å². The standard InChI is InChI=1S/C22H22FN3O/c1-16(22(27)25-12-5-6-13-25)20-15-21(17-8-7-9-18(23)14-17)26(24-20)19-10-3-2-4-11-19/h2-4,7-11,14-16H,5-6,12-13H2,1H3. The van der Waals surface area contributed by atoms with E-state index in [1.54, 1.807) is 10.7 Å². The molecule has 1 unspecified atom stereocenters. The summed E-state index contributed by atoms with van der Waals surface area (Å²) < 4.78 is 15.6. The molecule has 5 heteroatoms. The molecule has 1 amide bonds. The highest BCUT2D eigenvalue weighted by Crippen LogP contribution is 2.29. The SMILES string of the molecule is CC(C(=O)N1CCCC1)c1cc(-c2cccc(F)c2)n(-c2ccccc2)n1. The van der Waals surface area contributed by atoms with Gasteiger partial charge < -0.3 is 4.90 Å². The summed E-state index contributed by atoms with van der Waals surface area (Å²) in [6.07, 6.45) is 2.12. The van der Waals surface area contributed by atoms with Gasteiger partial charge in [0.2, 0.25) is 5.91 Å². The fourth-order valence-corrected chi connectivity index (χ4v) is 3.57. The topological polar surface area (TPSA) is 38.1 Å².